The third-order valence-corrected chi connectivity index (χ3v) is 6.04. The predicted molar refractivity (Wildman–Crippen MR) is 95.3 cm³/mol. The lowest BCUT2D eigenvalue weighted by Gasteiger charge is -2.23. The van der Waals surface area contributed by atoms with Crippen LogP contribution in [0.1, 0.15) is 0 Å². The third-order valence-electron chi connectivity index (χ3n) is 3.46. The van der Waals surface area contributed by atoms with Gasteiger partial charge in [-0.1, -0.05) is 60.7 Å². The van der Waals surface area contributed by atoms with Crippen molar-refractivity contribution >= 4 is 30.6 Å². The second-order valence-corrected chi connectivity index (χ2v) is 7.25. The van der Waals surface area contributed by atoms with E-state index < -0.39 is 26.0 Å². The van der Waals surface area contributed by atoms with Gasteiger partial charge in [-0.3, -0.25) is 0 Å². The number of rotatable bonds is 6. The summed E-state index contributed by atoms with van der Waals surface area (Å²) in [5.41, 5.74) is 0. The van der Waals surface area contributed by atoms with Crippen LogP contribution in [0.2, 0.25) is 0 Å². The molecule has 2 aromatic rings. The molecular weight excluding hydrogens is 325 g/mol. The molecule has 1 amide bonds. The fourth-order valence-electron chi connectivity index (χ4n) is 2.28. The summed E-state index contributed by atoms with van der Waals surface area (Å²) in [5, 5.41) is 4.82. The molecule has 5 nitrogen and oxygen atoms in total. The Labute approximate surface area is 142 Å². The van der Waals surface area contributed by atoms with Crippen molar-refractivity contribution in [1.29, 1.82) is 0 Å². The highest BCUT2D eigenvalue weighted by molar-refractivity contribution is 7.73. The van der Waals surface area contributed by atoms with Crippen LogP contribution in [0.3, 0.4) is 0 Å². The Morgan fingerprint density at radius 1 is 0.917 bits per heavy atom. The van der Waals surface area contributed by atoms with Crippen molar-refractivity contribution in [2.45, 2.75) is 6.04 Å². The van der Waals surface area contributed by atoms with E-state index in [1.54, 1.807) is 0 Å². The van der Waals surface area contributed by atoms with Gasteiger partial charge in [-0.15, -0.1) is 0 Å². The number of ether oxygens (including phenoxy) is 2. The Morgan fingerprint density at radius 2 is 1.42 bits per heavy atom. The summed E-state index contributed by atoms with van der Waals surface area (Å²) in [6.45, 7) is 0. The number of amides is 1. The molecule has 0 bridgehead atoms. The molecule has 0 aliphatic heterocycles. The van der Waals surface area contributed by atoms with Gasteiger partial charge in [-0.05, 0) is 18.5 Å². The molecule has 0 unspecified atom stereocenters. The number of hydrogen-bond acceptors (Lipinski definition) is 4. The Morgan fingerprint density at radius 3 is 1.83 bits per heavy atom. The molecule has 1 atom stereocenters. The molecule has 0 saturated carbocycles. The van der Waals surface area contributed by atoms with Gasteiger partial charge >= 0.3 is 12.1 Å². The van der Waals surface area contributed by atoms with Crippen molar-refractivity contribution in [2.24, 2.45) is 0 Å². The van der Waals surface area contributed by atoms with E-state index in [1.165, 1.54) is 14.2 Å². The molecule has 126 valence electrons. The Bertz CT molecular complexity index is 624. The van der Waals surface area contributed by atoms with Crippen molar-refractivity contribution in [3.05, 3.63) is 60.7 Å². The molecule has 0 aliphatic carbocycles. The van der Waals surface area contributed by atoms with Crippen molar-refractivity contribution in [2.75, 3.05) is 20.4 Å². The lowest BCUT2D eigenvalue weighted by Crippen LogP contribution is -2.44. The minimum absolute atomic E-state index is 0.436. The van der Waals surface area contributed by atoms with Crippen molar-refractivity contribution in [1.82, 2.24) is 5.32 Å². The van der Waals surface area contributed by atoms with Crippen LogP contribution >= 0.6 is 7.92 Å². The van der Waals surface area contributed by atoms with Crippen LogP contribution in [0.15, 0.2) is 60.7 Å². The number of nitrogens with one attached hydrogen (secondary N) is 1. The first-order chi connectivity index (χ1) is 11.7. The highest BCUT2D eigenvalue weighted by Gasteiger charge is 2.27. The molecule has 0 spiro atoms. The maximum atomic E-state index is 12.1. The van der Waals surface area contributed by atoms with E-state index in [0.29, 0.717) is 6.16 Å². The average Bonchev–Trinajstić information content (AvgIpc) is 2.65. The first-order valence-corrected chi connectivity index (χ1v) is 8.98. The summed E-state index contributed by atoms with van der Waals surface area (Å²) in [6, 6.07) is 19.1. The maximum Gasteiger partial charge on any atom is 0.407 e. The summed E-state index contributed by atoms with van der Waals surface area (Å²) in [4.78, 5) is 23.6. The third kappa shape index (κ3) is 4.80. The van der Waals surface area contributed by atoms with Crippen LogP contribution in [0, 0.1) is 0 Å². The normalized spacial score (nSPS) is 11.6. The zero-order valence-corrected chi connectivity index (χ0v) is 14.5. The molecule has 0 saturated heterocycles. The number of esters is 1. The second kappa shape index (κ2) is 9.04. The van der Waals surface area contributed by atoms with Crippen LogP contribution in [-0.4, -0.2) is 38.5 Å². The van der Waals surface area contributed by atoms with Crippen LogP contribution in [0.4, 0.5) is 4.79 Å². The summed E-state index contributed by atoms with van der Waals surface area (Å²) in [7, 11) is 1.74. The number of carbonyl (C=O) groups excluding carboxylic acids is 2. The molecule has 1 N–H and O–H groups in total. The number of carbonyl (C=O) groups is 2. The number of methoxy groups -OCH3 is 2. The first kappa shape index (κ1) is 18.0. The minimum atomic E-state index is -0.835. The van der Waals surface area contributed by atoms with Gasteiger partial charge in [0.2, 0.25) is 0 Å². The van der Waals surface area contributed by atoms with Crippen LogP contribution in [0.5, 0.6) is 0 Å². The smallest absolute Gasteiger partial charge is 0.407 e. The van der Waals surface area contributed by atoms with Gasteiger partial charge in [0.15, 0.2) is 0 Å². The Hall–Kier alpha value is -2.39. The lowest BCUT2D eigenvalue weighted by molar-refractivity contribution is -0.142. The fraction of sp³-hybridized carbons (Fsp3) is 0.222. The van der Waals surface area contributed by atoms with Gasteiger partial charge in [-0.25, -0.2) is 9.59 Å². The molecular formula is C18H20NO4P. The highest BCUT2D eigenvalue weighted by Crippen LogP contribution is 2.34. The van der Waals surface area contributed by atoms with Crippen LogP contribution in [0.25, 0.3) is 0 Å². The predicted octanol–water partition coefficient (Wildman–Crippen LogP) is 2.02. The molecule has 0 aromatic heterocycles. The van der Waals surface area contributed by atoms with E-state index in [2.05, 4.69) is 10.1 Å². The zero-order chi connectivity index (χ0) is 17.4. The summed E-state index contributed by atoms with van der Waals surface area (Å²) in [6.07, 6.45) is -0.216. The van der Waals surface area contributed by atoms with Gasteiger partial charge in [0, 0.05) is 6.16 Å². The Kier molecular flexibility index (Phi) is 6.76. The Balaban J connectivity index is 2.32. The van der Waals surface area contributed by atoms with Gasteiger partial charge in [-0.2, -0.15) is 0 Å². The molecule has 0 fully saturated rings. The monoisotopic (exact) mass is 345 g/mol. The molecule has 0 aliphatic rings. The summed E-state index contributed by atoms with van der Waals surface area (Å²) < 4.78 is 9.45. The average molecular weight is 345 g/mol. The first-order valence-electron chi connectivity index (χ1n) is 7.45. The van der Waals surface area contributed by atoms with Crippen molar-refractivity contribution < 1.29 is 19.1 Å². The number of benzene rings is 2. The number of hydrogen-bond donors (Lipinski definition) is 1. The summed E-state index contributed by atoms with van der Waals surface area (Å²) in [5.74, 6) is -0.486. The lowest BCUT2D eigenvalue weighted by atomic mass is 10.3. The quantitative estimate of drug-likeness (QED) is 0.643. The van der Waals surface area contributed by atoms with Crippen molar-refractivity contribution in [3.63, 3.8) is 0 Å². The highest BCUT2D eigenvalue weighted by atomic mass is 31.1. The van der Waals surface area contributed by atoms with E-state index in [-0.39, 0.29) is 0 Å². The maximum absolute atomic E-state index is 12.1. The van der Waals surface area contributed by atoms with Gasteiger partial charge in [0.1, 0.15) is 6.04 Å². The number of alkyl carbamates (subject to hydrolysis) is 1. The summed E-state index contributed by atoms with van der Waals surface area (Å²) >= 11 is 0. The van der Waals surface area contributed by atoms with Crippen LogP contribution < -0.4 is 15.9 Å². The minimum Gasteiger partial charge on any atom is -0.467 e. The topological polar surface area (TPSA) is 64.6 Å². The molecule has 0 heterocycles. The molecule has 24 heavy (non-hydrogen) atoms. The zero-order valence-electron chi connectivity index (χ0n) is 13.6. The van der Waals surface area contributed by atoms with Crippen LogP contribution in [-0.2, 0) is 14.3 Å². The van der Waals surface area contributed by atoms with Gasteiger partial charge in [0.25, 0.3) is 0 Å². The second-order valence-electron chi connectivity index (χ2n) is 4.99. The SMILES string of the molecule is COC(=O)N[C@@H](CP(c1ccccc1)c1ccccc1)C(=O)OC. The fourth-order valence-corrected chi connectivity index (χ4v) is 4.67. The van der Waals surface area contributed by atoms with Gasteiger partial charge in [0.05, 0.1) is 14.2 Å². The van der Waals surface area contributed by atoms with E-state index in [9.17, 15) is 9.59 Å². The van der Waals surface area contributed by atoms with E-state index in [1.807, 2.05) is 60.7 Å². The van der Waals surface area contributed by atoms with Crippen molar-refractivity contribution in [3.8, 4) is 0 Å². The van der Waals surface area contributed by atoms with E-state index in [0.717, 1.165) is 10.6 Å². The molecule has 2 aromatic carbocycles. The molecule has 0 radical (unpaired) electrons. The molecule has 6 heteroatoms. The van der Waals surface area contributed by atoms with E-state index >= 15 is 0 Å². The van der Waals surface area contributed by atoms with E-state index in [4.69, 9.17) is 4.74 Å². The van der Waals surface area contributed by atoms with Gasteiger partial charge < -0.3 is 14.8 Å². The molecule has 2 rings (SSSR count). The largest absolute Gasteiger partial charge is 0.467 e. The standard InChI is InChI=1S/C18H20NO4P/c1-22-17(20)16(19-18(21)23-2)13-24(14-9-5-3-6-10-14)15-11-7-4-8-12-15/h3-12,16H,13H2,1-2H3,(H,19,21)/t16-/m0/s1.